The number of nitriles is 1. The molecule has 0 fully saturated rings. The summed E-state index contributed by atoms with van der Waals surface area (Å²) in [6.07, 6.45) is 2.39. The number of carbonyl (C=O) groups excluding carboxylic acids is 1. The van der Waals surface area contributed by atoms with Crippen LogP contribution in [0.15, 0.2) is 23.8 Å². The van der Waals surface area contributed by atoms with Crippen molar-refractivity contribution in [3.63, 3.8) is 0 Å². The summed E-state index contributed by atoms with van der Waals surface area (Å²) in [7, 11) is 0. The second-order valence-electron chi connectivity index (χ2n) is 3.59. The number of esters is 1. The van der Waals surface area contributed by atoms with Gasteiger partial charge < -0.3 is 4.74 Å². The Bertz CT molecular complexity index is 509. The first kappa shape index (κ1) is 10.4. The molecule has 1 aromatic rings. The number of fused-ring (bicyclic) bond motifs is 1. The lowest BCUT2D eigenvalue weighted by atomic mass is 10.1. The summed E-state index contributed by atoms with van der Waals surface area (Å²) in [5, 5.41) is 8.77. The summed E-state index contributed by atoms with van der Waals surface area (Å²) in [6, 6.07) is 7.52. The van der Waals surface area contributed by atoms with Gasteiger partial charge >= 0.3 is 5.97 Å². The molecule has 3 heteroatoms. The van der Waals surface area contributed by atoms with Crippen LogP contribution in [0.4, 0.5) is 0 Å². The van der Waals surface area contributed by atoms with E-state index in [1.54, 1.807) is 13.0 Å². The van der Waals surface area contributed by atoms with E-state index in [1.165, 1.54) is 0 Å². The molecule has 0 bridgehead atoms. The lowest BCUT2D eigenvalue weighted by molar-refractivity contribution is -0.138. The highest BCUT2D eigenvalue weighted by Gasteiger charge is 2.19. The Morgan fingerprint density at radius 3 is 3.06 bits per heavy atom. The Labute approximate surface area is 94.0 Å². The van der Waals surface area contributed by atoms with E-state index in [2.05, 4.69) is 6.07 Å². The third-order valence-corrected chi connectivity index (χ3v) is 2.52. The molecule has 0 N–H and O–H groups in total. The van der Waals surface area contributed by atoms with E-state index >= 15 is 0 Å². The van der Waals surface area contributed by atoms with Gasteiger partial charge in [0.25, 0.3) is 0 Å². The van der Waals surface area contributed by atoms with Gasteiger partial charge in [0.2, 0.25) is 0 Å². The zero-order chi connectivity index (χ0) is 11.5. The first-order chi connectivity index (χ1) is 7.74. The monoisotopic (exact) mass is 213 g/mol. The van der Waals surface area contributed by atoms with Crippen LogP contribution in [0.25, 0.3) is 6.08 Å². The number of nitrogens with zero attached hydrogens (tertiary/aromatic N) is 1. The van der Waals surface area contributed by atoms with Gasteiger partial charge in [-0.3, -0.25) is 0 Å². The van der Waals surface area contributed by atoms with Crippen molar-refractivity contribution in [3.8, 4) is 6.07 Å². The topological polar surface area (TPSA) is 50.1 Å². The summed E-state index contributed by atoms with van der Waals surface area (Å²) >= 11 is 0. The molecule has 0 aromatic heterocycles. The van der Waals surface area contributed by atoms with E-state index < -0.39 is 0 Å². The van der Waals surface area contributed by atoms with Crippen LogP contribution in [0.3, 0.4) is 0 Å². The Morgan fingerprint density at radius 1 is 1.56 bits per heavy atom. The fraction of sp³-hybridized carbons (Fsp3) is 0.231. The molecule has 3 nitrogen and oxygen atoms in total. The lowest BCUT2D eigenvalue weighted by Crippen LogP contribution is -2.07. The second kappa shape index (κ2) is 4.19. The molecule has 0 saturated carbocycles. The van der Waals surface area contributed by atoms with Gasteiger partial charge in [-0.05, 0) is 36.3 Å². The number of ether oxygens (including phenoxy) is 1. The van der Waals surface area contributed by atoms with Crippen molar-refractivity contribution >= 4 is 12.0 Å². The van der Waals surface area contributed by atoms with Crippen LogP contribution in [0.2, 0.25) is 0 Å². The van der Waals surface area contributed by atoms with E-state index in [4.69, 9.17) is 10.00 Å². The maximum Gasteiger partial charge on any atom is 0.334 e. The fourth-order valence-corrected chi connectivity index (χ4v) is 1.77. The first-order valence-corrected chi connectivity index (χ1v) is 5.15. The van der Waals surface area contributed by atoms with Crippen molar-refractivity contribution in [1.82, 2.24) is 0 Å². The number of hydrogen-bond acceptors (Lipinski definition) is 3. The van der Waals surface area contributed by atoms with Crippen molar-refractivity contribution in [2.45, 2.75) is 13.3 Å². The second-order valence-corrected chi connectivity index (χ2v) is 3.59. The molecule has 0 radical (unpaired) electrons. The van der Waals surface area contributed by atoms with Crippen molar-refractivity contribution in [2.24, 2.45) is 0 Å². The lowest BCUT2D eigenvalue weighted by Gasteiger charge is -2.01. The van der Waals surface area contributed by atoms with Gasteiger partial charge in [0.15, 0.2) is 0 Å². The zero-order valence-electron chi connectivity index (χ0n) is 8.99. The smallest absolute Gasteiger partial charge is 0.334 e. The molecule has 1 aliphatic rings. The zero-order valence-corrected chi connectivity index (χ0v) is 8.99. The quantitative estimate of drug-likeness (QED) is 0.706. The van der Waals surface area contributed by atoms with Crippen molar-refractivity contribution < 1.29 is 9.53 Å². The van der Waals surface area contributed by atoms with E-state index in [0.717, 1.165) is 11.1 Å². The summed E-state index contributed by atoms with van der Waals surface area (Å²) < 4.78 is 4.94. The predicted molar refractivity (Wildman–Crippen MR) is 59.5 cm³/mol. The number of rotatable bonds is 2. The van der Waals surface area contributed by atoms with E-state index in [9.17, 15) is 4.79 Å². The molecule has 0 unspecified atom stereocenters. The average Bonchev–Trinajstić information content (AvgIpc) is 2.71. The van der Waals surface area contributed by atoms with E-state index in [0.29, 0.717) is 24.2 Å². The largest absolute Gasteiger partial charge is 0.463 e. The van der Waals surface area contributed by atoms with Crippen LogP contribution >= 0.6 is 0 Å². The van der Waals surface area contributed by atoms with Crippen LogP contribution in [0, 0.1) is 11.3 Å². The molecule has 0 aliphatic heterocycles. The Kier molecular flexibility index (Phi) is 2.74. The van der Waals surface area contributed by atoms with Crippen molar-refractivity contribution in [2.75, 3.05) is 6.61 Å². The van der Waals surface area contributed by atoms with Crippen LogP contribution in [0.1, 0.15) is 23.6 Å². The third kappa shape index (κ3) is 1.82. The van der Waals surface area contributed by atoms with Crippen LogP contribution in [-0.2, 0) is 16.0 Å². The first-order valence-electron chi connectivity index (χ1n) is 5.15. The van der Waals surface area contributed by atoms with Gasteiger partial charge in [-0.15, -0.1) is 0 Å². The maximum atomic E-state index is 11.5. The Hall–Kier alpha value is -2.08. The Balaban J connectivity index is 2.24. The van der Waals surface area contributed by atoms with Crippen molar-refractivity contribution in [1.29, 1.82) is 5.26 Å². The molecule has 0 amide bonds. The molecule has 0 saturated heterocycles. The average molecular weight is 213 g/mol. The molecule has 16 heavy (non-hydrogen) atoms. The van der Waals surface area contributed by atoms with E-state index in [1.807, 2.05) is 18.2 Å². The van der Waals surface area contributed by atoms with Crippen LogP contribution in [-0.4, -0.2) is 12.6 Å². The Morgan fingerprint density at radius 2 is 2.38 bits per heavy atom. The molecule has 0 atom stereocenters. The van der Waals surface area contributed by atoms with Gasteiger partial charge in [0.1, 0.15) is 0 Å². The molecule has 80 valence electrons. The number of hydrogen-bond donors (Lipinski definition) is 0. The minimum atomic E-state index is -0.266. The molecule has 0 spiro atoms. The number of benzene rings is 1. The minimum absolute atomic E-state index is 0.266. The van der Waals surface area contributed by atoms with Gasteiger partial charge in [-0.2, -0.15) is 5.26 Å². The molecular formula is C13H11NO2. The summed E-state index contributed by atoms with van der Waals surface area (Å²) in [5.74, 6) is -0.266. The molecule has 1 aromatic carbocycles. The van der Waals surface area contributed by atoms with Gasteiger partial charge in [-0.25, -0.2) is 4.79 Å². The standard InChI is InChI=1S/C13H11NO2/c1-2-16-13(15)12-6-10-4-3-9(8-14)5-11(10)7-12/h3-6H,2,7H2,1H3. The fourth-order valence-electron chi connectivity index (χ4n) is 1.77. The van der Waals surface area contributed by atoms with Gasteiger partial charge in [0, 0.05) is 12.0 Å². The molecule has 1 aliphatic carbocycles. The van der Waals surface area contributed by atoms with E-state index in [-0.39, 0.29) is 5.97 Å². The summed E-state index contributed by atoms with van der Waals surface area (Å²) in [5.41, 5.74) is 3.30. The molecule has 2 rings (SSSR count). The van der Waals surface area contributed by atoms with Crippen molar-refractivity contribution in [3.05, 3.63) is 40.5 Å². The third-order valence-electron chi connectivity index (χ3n) is 2.52. The van der Waals surface area contributed by atoms with Crippen LogP contribution in [0.5, 0.6) is 0 Å². The normalized spacial score (nSPS) is 12.6. The maximum absolute atomic E-state index is 11.5. The van der Waals surface area contributed by atoms with Gasteiger partial charge in [0.05, 0.1) is 18.2 Å². The van der Waals surface area contributed by atoms with Gasteiger partial charge in [-0.1, -0.05) is 6.07 Å². The predicted octanol–water partition coefficient (Wildman–Crippen LogP) is 2.06. The SMILES string of the molecule is CCOC(=O)C1=Cc2ccc(C#N)cc2C1. The summed E-state index contributed by atoms with van der Waals surface area (Å²) in [6.45, 7) is 2.17. The summed E-state index contributed by atoms with van der Waals surface area (Å²) in [4.78, 5) is 11.5. The highest BCUT2D eigenvalue weighted by molar-refractivity contribution is 5.96. The minimum Gasteiger partial charge on any atom is -0.463 e. The molecule has 0 heterocycles. The molecular weight excluding hydrogens is 202 g/mol. The van der Waals surface area contributed by atoms with Crippen LogP contribution < -0.4 is 0 Å². The highest BCUT2D eigenvalue weighted by Crippen LogP contribution is 2.26. The highest BCUT2D eigenvalue weighted by atomic mass is 16.5. The number of carbonyl (C=O) groups is 1.